The quantitative estimate of drug-likeness (QED) is 0.692. The smallest absolute Gasteiger partial charge is 0.286 e. The van der Waals surface area contributed by atoms with E-state index in [1.54, 1.807) is 19.2 Å². The fraction of sp³-hybridized carbons (Fsp3) is 0.429. The Balaban J connectivity index is 1.49. The monoisotopic (exact) mass is 385 g/mol. The molecule has 2 amide bonds. The number of furan rings is 1. The molecule has 7 heteroatoms. The fourth-order valence-corrected chi connectivity index (χ4v) is 3.42. The van der Waals surface area contributed by atoms with Crippen LogP contribution in [0.15, 0.2) is 47.1 Å². The van der Waals surface area contributed by atoms with Crippen LogP contribution < -0.4 is 15.4 Å². The molecule has 150 valence electrons. The summed E-state index contributed by atoms with van der Waals surface area (Å²) in [6, 6.07) is 11.4. The highest BCUT2D eigenvalue weighted by Gasteiger charge is 2.24. The molecule has 3 rings (SSSR count). The summed E-state index contributed by atoms with van der Waals surface area (Å²) in [4.78, 5) is 26.5. The molecular formula is C21H27N3O4. The highest BCUT2D eigenvalue weighted by Crippen LogP contribution is 2.26. The van der Waals surface area contributed by atoms with Gasteiger partial charge in [-0.2, -0.15) is 0 Å². The standard InChI is InChI=1S/C21H27N3O4/c1-27-17-8-6-16(7-9-17)18(24-12-2-3-13-24)15-23-20(25)10-11-22-21(26)19-5-4-14-28-19/h4-9,14,18H,2-3,10-13,15H2,1H3,(H,22,26)(H,23,25). The zero-order chi connectivity index (χ0) is 19.8. The summed E-state index contributed by atoms with van der Waals surface area (Å²) in [7, 11) is 1.65. The van der Waals surface area contributed by atoms with Crippen LogP contribution in [-0.2, 0) is 4.79 Å². The molecule has 2 aromatic rings. The van der Waals surface area contributed by atoms with Crippen molar-refractivity contribution in [3.05, 3.63) is 54.0 Å². The molecule has 1 aromatic carbocycles. The van der Waals surface area contributed by atoms with E-state index >= 15 is 0 Å². The highest BCUT2D eigenvalue weighted by molar-refractivity contribution is 5.91. The zero-order valence-corrected chi connectivity index (χ0v) is 16.1. The van der Waals surface area contributed by atoms with Crippen molar-refractivity contribution in [2.75, 3.05) is 33.3 Å². The maximum Gasteiger partial charge on any atom is 0.286 e. The van der Waals surface area contributed by atoms with Gasteiger partial charge in [0.15, 0.2) is 5.76 Å². The van der Waals surface area contributed by atoms with E-state index in [0.29, 0.717) is 6.54 Å². The molecule has 1 fully saturated rings. The normalized spacial score (nSPS) is 15.2. The lowest BCUT2D eigenvalue weighted by molar-refractivity contribution is -0.121. The lowest BCUT2D eigenvalue weighted by atomic mass is 10.1. The number of carbonyl (C=O) groups is 2. The average Bonchev–Trinajstić information content (AvgIpc) is 3.43. The first-order valence-electron chi connectivity index (χ1n) is 9.64. The lowest BCUT2D eigenvalue weighted by Crippen LogP contribution is -2.38. The molecular weight excluding hydrogens is 358 g/mol. The molecule has 0 bridgehead atoms. The molecule has 1 aromatic heterocycles. The molecule has 1 saturated heterocycles. The summed E-state index contributed by atoms with van der Waals surface area (Å²) < 4.78 is 10.3. The Bertz CT molecular complexity index is 752. The molecule has 0 spiro atoms. The van der Waals surface area contributed by atoms with Gasteiger partial charge in [0.1, 0.15) is 5.75 Å². The third kappa shape index (κ3) is 5.36. The van der Waals surface area contributed by atoms with Crippen LogP contribution in [0, 0.1) is 0 Å². The SMILES string of the molecule is COc1ccc(C(CNC(=O)CCNC(=O)c2ccco2)N2CCCC2)cc1. The molecule has 1 aliphatic rings. The zero-order valence-electron chi connectivity index (χ0n) is 16.1. The third-order valence-corrected chi connectivity index (χ3v) is 4.96. The van der Waals surface area contributed by atoms with E-state index in [1.165, 1.54) is 19.1 Å². The summed E-state index contributed by atoms with van der Waals surface area (Å²) in [5, 5.41) is 5.69. The van der Waals surface area contributed by atoms with Gasteiger partial charge in [-0.1, -0.05) is 12.1 Å². The second-order valence-corrected chi connectivity index (χ2v) is 6.82. The van der Waals surface area contributed by atoms with E-state index in [1.807, 2.05) is 12.1 Å². The first-order chi connectivity index (χ1) is 13.7. The van der Waals surface area contributed by atoms with Crippen molar-refractivity contribution in [1.82, 2.24) is 15.5 Å². The Kier molecular flexibility index (Phi) is 7.08. The highest BCUT2D eigenvalue weighted by atomic mass is 16.5. The number of likely N-dealkylation sites (tertiary alicyclic amines) is 1. The van der Waals surface area contributed by atoms with Crippen LogP contribution in [-0.4, -0.2) is 50.0 Å². The summed E-state index contributed by atoms with van der Waals surface area (Å²) in [6.45, 7) is 2.87. The average molecular weight is 385 g/mol. The fourth-order valence-electron chi connectivity index (χ4n) is 3.42. The van der Waals surface area contributed by atoms with Gasteiger partial charge in [-0.05, 0) is 55.8 Å². The van der Waals surface area contributed by atoms with Crippen molar-refractivity contribution in [2.45, 2.75) is 25.3 Å². The minimum atomic E-state index is -0.314. The number of benzene rings is 1. The Morgan fingerprint density at radius 3 is 2.54 bits per heavy atom. The van der Waals surface area contributed by atoms with Gasteiger partial charge < -0.3 is 19.8 Å². The molecule has 2 N–H and O–H groups in total. The second kappa shape index (κ2) is 9.94. The van der Waals surface area contributed by atoms with Crippen LogP contribution in [0.1, 0.15) is 41.4 Å². The molecule has 0 saturated carbocycles. The van der Waals surface area contributed by atoms with Crippen molar-refractivity contribution >= 4 is 11.8 Å². The number of hydrogen-bond donors (Lipinski definition) is 2. The maximum atomic E-state index is 12.2. The van der Waals surface area contributed by atoms with E-state index < -0.39 is 0 Å². The predicted octanol–water partition coefficient (Wildman–Crippen LogP) is 2.36. The Labute approximate surface area is 165 Å². The van der Waals surface area contributed by atoms with Crippen LogP contribution in [0.2, 0.25) is 0 Å². The number of ether oxygens (including phenoxy) is 1. The number of amides is 2. The van der Waals surface area contributed by atoms with Crippen molar-refractivity contribution < 1.29 is 18.7 Å². The molecule has 0 aliphatic carbocycles. The molecule has 1 atom stereocenters. The summed E-state index contributed by atoms with van der Waals surface area (Å²) in [5.74, 6) is 0.665. The van der Waals surface area contributed by atoms with Crippen molar-refractivity contribution in [1.29, 1.82) is 0 Å². The lowest BCUT2D eigenvalue weighted by Gasteiger charge is -2.28. The Morgan fingerprint density at radius 2 is 1.89 bits per heavy atom. The van der Waals surface area contributed by atoms with Gasteiger partial charge in [-0.25, -0.2) is 0 Å². The second-order valence-electron chi connectivity index (χ2n) is 6.82. The Hall–Kier alpha value is -2.80. The number of methoxy groups -OCH3 is 1. The number of carbonyl (C=O) groups excluding carboxylic acids is 2. The number of hydrogen-bond acceptors (Lipinski definition) is 5. The van der Waals surface area contributed by atoms with E-state index in [4.69, 9.17) is 9.15 Å². The van der Waals surface area contributed by atoms with E-state index in [-0.39, 0.29) is 36.6 Å². The van der Waals surface area contributed by atoms with E-state index in [2.05, 4.69) is 27.7 Å². The summed E-state index contributed by atoms with van der Waals surface area (Å²) in [6.07, 6.45) is 4.03. The number of nitrogens with zero attached hydrogens (tertiary/aromatic N) is 1. The Morgan fingerprint density at radius 1 is 1.14 bits per heavy atom. The topological polar surface area (TPSA) is 83.8 Å². The molecule has 28 heavy (non-hydrogen) atoms. The van der Waals surface area contributed by atoms with Crippen LogP contribution in [0.25, 0.3) is 0 Å². The van der Waals surface area contributed by atoms with Gasteiger partial charge in [-0.3, -0.25) is 14.5 Å². The molecule has 0 radical (unpaired) electrons. The van der Waals surface area contributed by atoms with Crippen molar-refractivity contribution in [2.24, 2.45) is 0 Å². The van der Waals surface area contributed by atoms with Gasteiger partial charge >= 0.3 is 0 Å². The molecule has 2 heterocycles. The molecule has 1 unspecified atom stereocenters. The van der Waals surface area contributed by atoms with Crippen LogP contribution in [0.5, 0.6) is 5.75 Å². The van der Waals surface area contributed by atoms with Gasteiger partial charge in [0.2, 0.25) is 5.91 Å². The third-order valence-electron chi connectivity index (χ3n) is 4.96. The van der Waals surface area contributed by atoms with Gasteiger partial charge in [-0.15, -0.1) is 0 Å². The van der Waals surface area contributed by atoms with Crippen LogP contribution >= 0.6 is 0 Å². The minimum absolute atomic E-state index is 0.0857. The van der Waals surface area contributed by atoms with Gasteiger partial charge in [0.05, 0.1) is 19.4 Å². The molecule has 1 aliphatic heterocycles. The minimum Gasteiger partial charge on any atom is -0.497 e. The van der Waals surface area contributed by atoms with E-state index in [9.17, 15) is 9.59 Å². The number of rotatable bonds is 9. The largest absolute Gasteiger partial charge is 0.497 e. The maximum absolute atomic E-state index is 12.2. The number of nitrogens with one attached hydrogen (secondary N) is 2. The van der Waals surface area contributed by atoms with Crippen molar-refractivity contribution in [3.63, 3.8) is 0 Å². The summed E-state index contributed by atoms with van der Waals surface area (Å²) >= 11 is 0. The summed E-state index contributed by atoms with van der Waals surface area (Å²) in [5.41, 5.74) is 1.16. The first-order valence-corrected chi connectivity index (χ1v) is 9.64. The van der Waals surface area contributed by atoms with Crippen LogP contribution in [0.3, 0.4) is 0 Å². The first kappa shape index (κ1) is 19.9. The van der Waals surface area contributed by atoms with E-state index in [0.717, 1.165) is 24.4 Å². The predicted molar refractivity (Wildman–Crippen MR) is 105 cm³/mol. The van der Waals surface area contributed by atoms with Gasteiger partial charge in [0.25, 0.3) is 5.91 Å². The van der Waals surface area contributed by atoms with Crippen LogP contribution in [0.4, 0.5) is 0 Å². The molecule has 7 nitrogen and oxygen atoms in total. The van der Waals surface area contributed by atoms with Crippen molar-refractivity contribution in [3.8, 4) is 5.75 Å². The van der Waals surface area contributed by atoms with Gasteiger partial charge in [0, 0.05) is 19.5 Å².